The quantitative estimate of drug-likeness (QED) is 0.838. The van der Waals surface area contributed by atoms with E-state index in [1.165, 1.54) is 10.4 Å². The molecule has 2 rings (SSSR count). The Hall–Kier alpha value is -0.620. The molecule has 1 aromatic carbocycles. The van der Waals surface area contributed by atoms with Gasteiger partial charge in [0.25, 0.3) is 0 Å². The third-order valence-corrected chi connectivity index (χ3v) is 5.30. The third-order valence-electron chi connectivity index (χ3n) is 2.95. The lowest BCUT2D eigenvalue weighted by Gasteiger charge is -2.40. The van der Waals surface area contributed by atoms with Crippen molar-refractivity contribution >= 4 is 21.6 Å². The lowest BCUT2D eigenvalue weighted by atomic mass is 10.1. The van der Waals surface area contributed by atoms with Crippen molar-refractivity contribution < 1.29 is 13.2 Å². The minimum Gasteiger partial charge on any atom is -0.378 e. The van der Waals surface area contributed by atoms with Crippen molar-refractivity contribution in [2.45, 2.75) is 24.3 Å². The van der Waals surface area contributed by atoms with Crippen molar-refractivity contribution in [2.24, 2.45) is 0 Å². The van der Waals surface area contributed by atoms with E-state index in [0.29, 0.717) is 24.8 Å². The van der Waals surface area contributed by atoms with Gasteiger partial charge >= 0.3 is 0 Å². The van der Waals surface area contributed by atoms with E-state index < -0.39 is 15.6 Å². The van der Waals surface area contributed by atoms with Crippen LogP contribution in [0.2, 0.25) is 5.02 Å². The minimum atomic E-state index is -3.52. The number of halogens is 1. The normalized spacial score (nSPS) is 20.8. The van der Waals surface area contributed by atoms with Gasteiger partial charge in [0, 0.05) is 11.6 Å². The Morgan fingerprint density at radius 1 is 1.39 bits per heavy atom. The van der Waals surface area contributed by atoms with Crippen LogP contribution < -0.4 is 0 Å². The van der Waals surface area contributed by atoms with E-state index in [4.69, 9.17) is 16.3 Å². The van der Waals surface area contributed by atoms with Crippen LogP contribution in [-0.2, 0) is 14.8 Å². The highest BCUT2D eigenvalue weighted by atomic mass is 35.5. The van der Waals surface area contributed by atoms with Crippen LogP contribution in [0.25, 0.3) is 0 Å². The third kappa shape index (κ3) is 2.54. The fraction of sp³-hybridized carbons (Fsp3) is 0.500. The molecule has 0 aromatic heterocycles. The molecule has 1 saturated heterocycles. The first-order valence-corrected chi connectivity index (χ1v) is 7.52. The number of morpholine rings is 1. The molecule has 0 radical (unpaired) electrons. The van der Waals surface area contributed by atoms with Crippen LogP contribution in [0.4, 0.5) is 0 Å². The van der Waals surface area contributed by atoms with Gasteiger partial charge in [0.15, 0.2) is 0 Å². The summed E-state index contributed by atoms with van der Waals surface area (Å²) >= 11 is 5.85. The Bertz CT molecular complexity index is 542. The van der Waals surface area contributed by atoms with Gasteiger partial charge in [0.2, 0.25) is 10.0 Å². The number of hydrogen-bond donors (Lipinski definition) is 0. The molecule has 1 heterocycles. The smallest absolute Gasteiger partial charge is 0.243 e. The highest BCUT2D eigenvalue weighted by Gasteiger charge is 2.39. The molecule has 1 fully saturated rings. The van der Waals surface area contributed by atoms with Gasteiger partial charge in [-0.2, -0.15) is 4.31 Å². The van der Waals surface area contributed by atoms with Crippen LogP contribution >= 0.6 is 11.6 Å². The molecule has 1 aromatic rings. The molecule has 1 aliphatic rings. The fourth-order valence-corrected chi connectivity index (χ4v) is 4.10. The van der Waals surface area contributed by atoms with Gasteiger partial charge in [0.05, 0.1) is 23.6 Å². The van der Waals surface area contributed by atoms with Gasteiger partial charge in [-0.1, -0.05) is 17.7 Å². The number of sulfonamides is 1. The summed E-state index contributed by atoms with van der Waals surface area (Å²) < 4.78 is 32.0. The van der Waals surface area contributed by atoms with Gasteiger partial charge in [-0.15, -0.1) is 0 Å². The summed E-state index contributed by atoms with van der Waals surface area (Å²) in [5, 5.41) is 0.419. The second kappa shape index (κ2) is 4.81. The summed E-state index contributed by atoms with van der Waals surface area (Å²) in [6, 6.07) is 6.34. The molecule has 18 heavy (non-hydrogen) atoms. The van der Waals surface area contributed by atoms with Crippen molar-refractivity contribution in [3.63, 3.8) is 0 Å². The first kappa shape index (κ1) is 13.8. The number of hydrogen-bond acceptors (Lipinski definition) is 3. The number of rotatable bonds is 2. The molecule has 100 valence electrons. The Kier molecular flexibility index (Phi) is 3.69. The van der Waals surface area contributed by atoms with Crippen LogP contribution in [0.3, 0.4) is 0 Å². The Balaban J connectivity index is 2.42. The Morgan fingerprint density at radius 3 is 2.72 bits per heavy atom. The standard InChI is InChI=1S/C12H16ClNO3S/c1-12(2)9-17-7-6-14(12)18(15,16)11-5-3-4-10(13)8-11/h3-5,8H,6-7,9H2,1-2H3. The molecule has 1 aliphatic heterocycles. The topological polar surface area (TPSA) is 46.6 Å². The molecule has 4 nitrogen and oxygen atoms in total. The lowest BCUT2D eigenvalue weighted by Crippen LogP contribution is -2.55. The fourth-order valence-electron chi connectivity index (χ4n) is 2.04. The van der Waals surface area contributed by atoms with Crippen molar-refractivity contribution in [1.82, 2.24) is 4.31 Å². The van der Waals surface area contributed by atoms with E-state index in [1.54, 1.807) is 18.2 Å². The SMILES string of the molecule is CC1(C)COCCN1S(=O)(=O)c1cccc(Cl)c1. The number of nitrogens with zero attached hydrogens (tertiary/aromatic N) is 1. The molecule has 0 aliphatic carbocycles. The lowest BCUT2D eigenvalue weighted by molar-refractivity contribution is -0.00770. The van der Waals surface area contributed by atoms with Crippen molar-refractivity contribution in [1.29, 1.82) is 0 Å². The summed E-state index contributed by atoms with van der Waals surface area (Å²) in [4.78, 5) is 0.227. The first-order chi connectivity index (χ1) is 8.34. The second-order valence-corrected chi connectivity index (χ2v) is 7.20. The zero-order valence-electron chi connectivity index (χ0n) is 10.4. The molecule has 0 spiro atoms. The van der Waals surface area contributed by atoms with Gasteiger partial charge in [0.1, 0.15) is 0 Å². The van der Waals surface area contributed by atoms with E-state index in [-0.39, 0.29) is 4.90 Å². The van der Waals surface area contributed by atoms with Crippen LogP contribution in [0.1, 0.15) is 13.8 Å². The van der Waals surface area contributed by atoms with Gasteiger partial charge in [-0.3, -0.25) is 0 Å². The highest BCUT2D eigenvalue weighted by Crippen LogP contribution is 2.28. The van der Waals surface area contributed by atoms with Crippen molar-refractivity contribution in [3.8, 4) is 0 Å². The van der Waals surface area contributed by atoms with Crippen LogP contribution in [0.15, 0.2) is 29.2 Å². The zero-order chi connectivity index (χ0) is 13.4. The number of benzene rings is 1. The summed E-state index contributed by atoms with van der Waals surface area (Å²) in [6.07, 6.45) is 0. The van der Waals surface area contributed by atoms with Gasteiger partial charge in [-0.05, 0) is 32.0 Å². The maximum absolute atomic E-state index is 12.6. The molecule has 0 N–H and O–H groups in total. The second-order valence-electron chi connectivity index (χ2n) is 4.90. The molecule has 6 heteroatoms. The summed E-state index contributed by atoms with van der Waals surface area (Å²) in [5.74, 6) is 0. The van der Waals surface area contributed by atoms with Crippen LogP contribution in [0, 0.1) is 0 Å². The summed E-state index contributed by atoms with van der Waals surface area (Å²) in [7, 11) is -3.52. The molecular formula is C12H16ClNO3S. The molecule has 0 amide bonds. The highest BCUT2D eigenvalue weighted by molar-refractivity contribution is 7.89. The van der Waals surface area contributed by atoms with Gasteiger partial charge < -0.3 is 4.74 Å². The maximum atomic E-state index is 12.6. The van der Waals surface area contributed by atoms with E-state index in [1.807, 2.05) is 13.8 Å². The van der Waals surface area contributed by atoms with E-state index in [0.717, 1.165) is 0 Å². The molecule has 0 unspecified atom stereocenters. The summed E-state index contributed by atoms with van der Waals surface area (Å²) in [5.41, 5.74) is -0.542. The maximum Gasteiger partial charge on any atom is 0.243 e. The van der Waals surface area contributed by atoms with Crippen LogP contribution in [-0.4, -0.2) is 38.0 Å². The Labute approximate surface area is 113 Å². The van der Waals surface area contributed by atoms with Crippen molar-refractivity contribution in [3.05, 3.63) is 29.3 Å². The Morgan fingerprint density at radius 2 is 2.11 bits per heavy atom. The first-order valence-electron chi connectivity index (χ1n) is 5.70. The molecule has 0 bridgehead atoms. The predicted octanol–water partition coefficient (Wildman–Crippen LogP) is 2.14. The molecule has 0 atom stereocenters. The summed E-state index contributed by atoms with van der Waals surface area (Å²) in [6.45, 7) is 4.89. The zero-order valence-corrected chi connectivity index (χ0v) is 12.0. The molecule has 0 saturated carbocycles. The van der Waals surface area contributed by atoms with E-state index >= 15 is 0 Å². The van der Waals surface area contributed by atoms with Crippen LogP contribution in [0.5, 0.6) is 0 Å². The number of ether oxygens (including phenoxy) is 1. The molecular weight excluding hydrogens is 274 g/mol. The van der Waals surface area contributed by atoms with Crippen molar-refractivity contribution in [2.75, 3.05) is 19.8 Å². The predicted molar refractivity (Wildman–Crippen MR) is 70.2 cm³/mol. The van der Waals surface area contributed by atoms with Gasteiger partial charge in [-0.25, -0.2) is 8.42 Å². The minimum absolute atomic E-state index is 0.227. The monoisotopic (exact) mass is 289 g/mol. The largest absolute Gasteiger partial charge is 0.378 e. The van der Waals surface area contributed by atoms with E-state index in [9.17, 15) is 8.42 Å². The van der Waals surface area contributed by atoms with E-state index in [2.05, 4.69) is 0 Å². The average molecular weight is 290 g/mol. The average Bonchev–Trinajstić information content (AvgIpc) is 2.28.